The number of aliphatic imine (C=N–C) groups is 1. The van der Waals surface area contributed by atoms with Crippen LogP contribution < -0.4 is 10.6 Å². The molecule has 4 unspecified atom stereocenters. The zero-order valence-corrected chi connectivity index (χ0v) is 32.0. The zero-order chi connectivity index (χ0) is 36.7. The van der Waals surface area contributed by atoms with E-state index in [0.717, 1.165) is 17.9 Å². The number of carbonyl (C=O) groups is 5. The predicted octanol–water partition coefficient (Wildman–Crippen LogP) is 3.79. The van der Waals surface area contributed by atoms with Crippen LogP contribution in [0.15, 0.2) is 4.99 Å². The molecule has 13 heteroatoms. The van der Waals surface area contributed by atoms with Crippen molar-refractivity contribution in [3.8, 4) is 0 Å². The predicted molar refractivity (Wildman–Crippen MR) is 192 cm³/mol. The van der Waals surface area contributed by atoms with E-state index in [1.807, 2.05) is 48.5 Å². The number of thioether (sulfide) groups is 1. The summed E-state index contributed by atoms with van der Waals surface area (Å²) in [6.45, 7) is 16.3. The molecule has 1 aliphatic heterocycles. The fourth-order valence-corrected chi connectivity index (χ4v) is 6.47. The number of hydrogen-bond donors (Lipinski definition) is 3. The van der Waals surface area contributed by atoms with Crippen LogP contribution in [0.4, 0.5) is 0 Å². The minimum absolute atomic E-state index is 0.0190. The Morgan fingerprint density at radius 3 is 2.29 bits per heavy atom. The molecule has 0 bridgehead atoms. The minimum Gasteiger partial charge on any atom is -0.461 e. The van der Waals surface area contributed by atoms with E-state index in [0.29, 0.717) is 44.4 Å². The van der Waals surface area contributed by atoms with Gasteiger partial charge in [0, 0.05) is 44.6 Å². The first-order valence-electron chi connectivity index (χ1n) is 17.4. The van der Waals surface area contributed by atoms with Crippen LogP contribution in [-0.2, 0) is 28.7 Å². The first-order chi connectivity index (χ1) is 22.3. The number of ether oxygens (including phenoxy) is 1. The number of amides is 4. The second-order valence-corrected chi connectivity index (χ2v) is 15.7. The van der Waals surface area contributed by atoms with Crippen LogP contribution in [0.5, 0.6) is 0 Å². The third kappa shape index (κ3) is 15.3. The number of aliphatic hydroxyl groups is 1. The molecule has 276 valence electrons. The van der Waals surface area contributed by atoms with Gasteiger partial charge in [0.25, 0.3) is 0 Å². The summed E-state index contributed by atoms with van der Waals surface area (Å²) in [5.41, 5.74) is -0.903. The molecular formula is C35H63N5O7S. The lowest BCUT2D eigenvalue weighted by Gasteiger charge is -2.33. The second kappa shape index (κ2) is 20.8. The second-order valence-electron chi connectivity index (χ2n) is 14.7. The van der Waals surface area contributed by atoms with Crippen molar-refractivity contribution in [1.29, 1.82) is 0 Å². The van der Waals surface area contributed by atoms with E-state index in [-0.39, 0.29) is 73.2 Å². The summed E-state index contributed by atoms with van der Waals surface area (Å²) in [6.07, 6.45) is 3.51. The Bertz CT molecular complexity index is 1110. The van der Waals surface area contributed by atoms with Gasteiger partial charge in [-0.1, -0.05) is 61.8 Å². The molecule has 0 fully saturated rings. The monoisotopic (exact) mass is 697 g/mol. The van der Waals surface area contributed by atoms with Crippen molar-refractivity contribution in [2.45, 2.75) is 125 Å². The van der Waals surface area contributed by atoms with Crippen LogP contribution >= 0.6 is 11.8 Å². The molecule has 3 N–H and O–H groups in total. The van der Waals surface area contributed by atoms with E-state index in [4.69, 9.17) is 9.73 Å². The average molecular weight is 698 g/mol. The lowest BCUT2D eigenvalue weighted by Crippen LogP contribution is -2.42. The Balaban J connectivity index is 2.64. The summed E-state index contributed by atoms with van der Waals surface area (Å²) in [5.74, 6) is -0.347. The molecular weight excluding hydrogens is 634 g/mol. The fraction of sp³-hybridized carbons (Fsp3) is 0.829. The van der Waals surface area contributed by atoms with Crippen molar-refractivity contribution in [3.63, 3.8) is 0 Å². The maximum absolute atomic E-state index is 13.0. The largest absolute Gasteiger partial charge is 0.461 e. The van der Waals surface area contributed by atoms with Crippen LogP contribution in [0, 0.1) is 16.7 Å². The molecule has 0 saturated heterocycles. The summed E-state index contributed by atoms with van der Waals surface area (Å²) in [7, 11) is 3.00. The molecule has 1 heterocycles. The van der Waals surface area contributed by atoms with E-state index in [1.165, 1.54) is 19.0 Å². The fourth-order valence-electron chi connectivity index (χ4n) is 5.15. The number of rotatable bonds is 21. The maximum Gasteiger partial charge on any atom is 0.325 e. The van der Waals surface area contributed by atoms with Crippen molar-refractivity contribution >= 4 is 46.4 Å². The van der Waals surface area contributed by atoms with Gasteiger partial charge in [-0.25, -0.2) is 0 Å². The lowest BCUT2D eigenvalue weighted by atomic mass is 9.82. The van der Waals surface area contributed by atoms with Gasteiger partial charge in [-0.2, -0.15) is 0 Å². The van der Waals surface area contributed by atoms with Gasteiger partial charge in [0.05, 0.1) is 30.3 Å². The molecule has 1 aliphatic rings. The number of likely N-dealkylation sites (N-methyl/N-ethyl adjacent to an activating group) is 2. The van der Waals surface area contributed by atoms with E-state index in [1.54, 1.807) is 16.7 Å². The van der Waals surface area contributed by atoms with Crippen LogP contribution in [0.1, 0.15) is 107 Å². The maximum atomic E-state index is 13.0. The highest BCUT2D eigenvalue weighted by atomic mass is 32.2. The van der Waals surface area contributed by atoms with Crippen LogP contribution in [-0.4, -0.2) is 114 Å². The molecule has 1 rings (SSSR count). The van der Waals surface area contributed by atoms with Gasteiger partial charge in [-0.15, -0.1) is 11.8 Å². The van der Waals surface area contributed by atoms with Crippen molar-refractivity contribution in [2.24, 2.45) is 21.7 Å². The molecule has 4 amide bonds. The standard InChI is InChI=1S/C35H63N5O7S/c1-11-18-40(30(44)19-24(3)12-2)22-32(46)47-27(34(4,5)6)15-13-14-26(41)35(7,8)33-38-25(23-48-33)16-17-28(42)37-20-31(45)39(10)21-29(43)36-9/h24-27,41H,11-23H2,1-10H3,(H,36,43)(H,37,42). The molecule has 12 nitrogen and oxygen atoms in total. The summed E-state index contributed by atoms with van der Waals surface area (Å²) >= 11 is 1.59. The number of nitrogens with zero attached hydrogens (tertiary/aromatic N) is 3. The molecule has 0 aromatic carbocycles. The van der Waals surface area contributed by atoms with Crippen LogP contribution in [0.2, 0.25) is 0 Å². The quantitative estimate of drug-likeness (QED) is 0.153. The number of carbonyl (C=O) groups excluding carboxylic acids is 5. The van der Waals surface area contributed by atoms with E-state index < -0.39 is 17.5 Å². The summed E-state index contributed by atoms with van der Waals surface area (Å²) < 4.78 is 5.95. The molecule has 0 aliphatic carbocycles. The topological polar surface area (TPSA) is 158 Å². The van der Waals surface area contributed by atoms with Crippen molar-refractivity contribution in [2.75, 3.05) is 46.0 Å². The van der Waals surface area contributed by atoms with E-state index >= 15 is 0 Å². The van der Waals surface area contributed by atoms with Gasteiger partial charge in [0.1, 0.15) is 12.6 Å². The SMILES string of the molecule is CCCN(CC(=O)OC(CCCC(O)C(C)(C)C1=NC(CCC(=O)NCC(=O)N(C)CC(=O)NC)CS1)C(C)(C)C)C(=O)CC(C)CC. The first-order valence-corrected chi connectivity index (χ1v) is 18.4. The van der Waals surface area contributed by atoms with Gasteiger partial charge >= 0.3 is 5.97 Å². The van der Waals surface area contributed by atoms with Gasteiger partial charge in [0.2, 0.25) is 23.6 Å². The molecule has 0 spiro atoms. The Kier molecular flexibility index (Phi) is 18.7. The minimum atomic E-state index is -0.668. The smallest absolute Gasteiger partial charge is 0.325 e. The number of hydrogen-bond acceptors (Lipinski definition) is 9. The molecule has 0 aromatic rings. The van der Waals surface area contributed by atoms with Gasteiger partial charge in [0.15, 0.2) is 0 Å². The van der Waals surface area contributed by atoms with E-state index in [9.17, 15) is 29.1 Å². The highest BCUT2D eigenvalue weighted by Crippen LogP contribution is 2.37. The first kappa shape index (κ1) is 43.4. The van der Waals surface area contributed by atoms with Gasteiger partial charge in [-0.3, -0.25) is 29.0 Å². The summed E-state index contributed by atoms with van der Waals surface area (Å²) in [4.78, 5) is 69.5. The highest BCUT2D eigenvalue weighted by molar-refractivity contribution is 8.14. The number of esters is 1. The third-order valence-electron chi connectivity index (χ3n) is 8.89. The zero-order valence-electron chi connectivity index (χ0n) is 31.1. The summed E-state index contributed by atoms with van der Waals surface area (Å²) in [6, 6.07) is -0.0668. The molecule has 0 radical (unpaired) electrons. The van der Waals surface area contributed by atoms with E-state index in [2.05, 4.69) is 17.6 Å². The Morgan fingerprint density at radius 1 is 1.04 bits per heavy atom. The third-order valence-corrected chi connectivity index (χ3v) is 10.3. The molecule has 0 aromatic heterocycles. The highest BCUT2D eigenvalue weighted by Gasteiger charge is 2.38. The Hall–Kier alpha value is -2.67. The number of nitrogens with one attached hydrogen (secondary N) is 2. The lowest BCUT2D eigenvalue weighted by molar-refractivity contribution is -0.159. The normalized spacial score (nSPS) is 16.7. The Labute approximate surface area is 292 Å². The van der Waals surface area contributed by atoms with Crippen molar-refractivity contribution in [3.05, 3.63) is 0 Å². The summed E-state index contributed by atoms with van der Waals surface area (Å²) in [5, 5.41) is 17.2. The average Bonchev–Trinajstić information content (AvgIpc) is 3.51. The van der Waals surface area contributed by atoms with Crippen LogP contribution in [0.3, 0.4) is 0 Å². The van der Waals surface area contributed by atoms with Gasteiger partial charge < -0.3 is 30.3 Å². The Morgan fingerprint density at radius 2 is 1.71 bits per heavy atom. The molecule has 4 atom stereocenters. The molecule has 0 saturated carbocycles. The number of aliphatic hydroxyl groups excluding tert-OH is 1. The van der Waals surface area contributed by atoms with Crippen LogP contribution in [0.25, 0.3) is 0 Å². The van der Waals surface area contributed by atoms with Crippen molar-refractivity contribution in [1.82, 2.24) is 20.4 Å². The molecule has 48 heavy (non-hydrogen) atoms. The van der Waals surface area contributed by atoms with Crippen molar-refractivity contribution < 1.29 is 33.8 Å². The van der Waals surface area contributed by atoms with Gasteiger partial charge in [-0.05, 0) is 43.4 Å².